The number of anilines is 1. The molecule has 0 aliphatic rings. The Bertz CT molecular complexity index is 1060. The van der Waals surface area contributed by atoms with Gasteiger partial charge in [-0.05, 0) is 50.7 Å². The summed E-state index contributed by atoms with van der Waals surface area (Å²) in [5.74, 6) is 0.766. The van der Waals surface area contributed by atoms with Crippen molar-refractivity contribution in [1.29, 1.82) is 0 Å². The van der Waals surface area contributed by atoms with Crippen molar-refractivity contribution in [2.24, 2.45) is 0 Å². The molecule has 0 aliphatic heterocycles. The Morgan fingerprint density at radius 3 is 2.73 bits per heavy atom. The van der Waals surface area contributed by atoms with Gasteiger partial charge in [0.2, 0.25) is 5.91 Å². The van der Waals surface area contributed by atoms with Gasteiger partial charge in [-0.25, -0.2) is 0 Å². The zero-order valence-electron chi connectivity index (χ0n) is 17.8. The second-order valence-corrected chi connectivity index (χ2v) is 7.73. The second-order valence-electron chi connectivity index (χ2n) is 7.34. The summed E-state index contributed by atoms with van der Waals surface area (Å²) < 4.78 is 2.41. The SMILES string of the molecule is CCN(CCNC(=O)CCn1c(-c2cccc(C)c2)n[nH]c1=S)c1ccccc1C. The van der Waals surface area contributed by atoms with Crippen molar-refractivity contribution in [2.45, 2.75) is 33.7 Å². The minimum Gasteiger partial charge on any atom is -0.370 e. The van der Waals surface area contributed by atoms with E-state index in [4.69, 9.17) is 12.2 Å². The number of H-pyrrole nitrogens is 1. The first-order valence-electron chi connectivity index (χ1n) is 10.3. The number of amides is 1. The van der Waals surface area contributed by atoms with E-state index < -0.39 is 0 Å². The Balaban J connectivity index is 1.55. The Kier molecular flexibility index (Phi) is 7.41. The Morgan fingerprint density at radius 1 is 1.20 bits per heavy atom. The Labute approximate surface area is 182 Å². The highest BCUT2D eigenvalue weighted by Gasteiger charge is 2.12. The van der Waals surface area contributed by atoms with Crippen molar-refractivity contribution in [3.8, 4) is 11.4 Å². The molecule has 3 aromatic rings. The number of likely N-dealkylation sites (N-methyl/N-ethyl adjacent to an activating group) is 1. The molecule has 1 aromatic heterocycles. The van der Waals surface area contributed by atoms with Gasteiger partial charge in [0.1, 0.15) is 0 Å². The number of aromatic nitrogens is 3. The molecule has 30 heavy (non-hydrogen) atoms. The number of hydrogen-bond donors (Lipinski definition) is 2. The number of para-hydroxylation sites is 1. The van der Waals surface area contributed by atoms with Crippen LogP contribution in [0.4, 0.5) is 5.69 Å². The van der Waals surface area contributed by atoms with Crippen LogP contribution in [0.2, 0.25) is 0 Å². The first kappa shape index (κ1) is 21.8. The molecule has 0 atom stereocenters. The van der Waals surface area contributed by atoms with Crippen molar-refractivity contribution < 1.29 is 4.79 Å². The largest absolute Gasteiger partial charge is 0.370 e. The lowest BCUT2D eigenvalue weighted by molar-refractivity contribution is -0.121. The first-order chi connectivity index (χ1) is 14.5. The monoisotopic (exact) mass is 423 g/mol. The Morgan fingerprint density at radius 2 is 2.00 bits per heavy atom. The third-order valence-electron chi connectivity index (χ3n) is 5.14. The molecule has 1 amide bonds. The van der Waals surface area contributed by atoms with E-state index in [9.17, 15) is 4.79 Å². The van der Waals surface area contributed by atoms with Gasteiger partial charge >= 0.3 is 0 Å². The quantitative estimate of drug-likeness (QED) is 0.505. The molecule has 0 bridgehead atoms. The van der Waals surface area contributed by atoms with Crippen molar-refractivity contribution in [1.82, 2.24) is 20.1 Å². The highest BCUT2D eigenvalue weighted by molar-refractivity contribution is 7.71. The molecule has 0 aliphatic carbocycles. The maximum Gasteiger partial charge on any atom is 0.221 e. The van der Waals surface area contributed by atoms with Crippen LogP contribution in [-0.2, 0) is 11.3 Å². The number of benzene rings is 2. The van der Waals surface area contributed by atoms with Gasteiger partial charge in [-0.2, -0.15) is 5.10 Å². The molecule has 0 fully saturated rings. The van der Waals surface area contributed by atoms with E-state index in [-0.39, 0.29) is 5.91 Å². The number of hydrogen-bond acceptors (Lipinski definition) is 4. The molecule has 1 heterocycles. The van der Waals surface area contributed by atoms with Crippen LogP contribution in [0.15, 0.2) is 48.5 Å². The summed E-state index contributed by atoms with van der Waals surface area (Å²) in [4.78, 5) is 14.7. The van der Waals surface area contributed by atoms with Crippen LogP contribution in [0.25, 0.3) is 11.4 Å². The molecule has 0 unspecified atom stereocenters. The van der Waals surface area contributed by atoms with Gasteiger partial charge in [-0.3, -0.25) is 14.5 Å². The molecule has 7 heteroatoms. The van der Waals surface area contributed by atoms with E-state index in [2.05, 4.69) is 52.5 Å². The number of nitrogens with zero attached hydrogens (tertiary/aromatic N) is 3. The second kappa shape index (κ2) is 10.2. The molecular formula is C23H29N5OS. The lowest BCUT2D eigenvalue weighted by Crippen LogP contribution is -2.35. The molecule has 0 spiro atoms. The predicted octanol–water partition coefficient (Wildman–Crippen LogP) is 4.26. The fourth-order valence-electron chi connectivity index (χ4n) is 3.53. The summed E-state index contributed by atoms with van der Waals surface area (Å²) in [6, 6.07) is 16.4. The van der Waals surface area contributed by atoms with E-state index in [1.807, 2.05) is 41.8 Å². The van der Waals surface area contributed by atoms with Gasteiger partial charge in [-0.15, -0.1) is 0 Å². The molecule has 3 rings (SSSR count). The fourth-order valence-corrected chi connectivity index (χ4v) is 3.75. The number of carbonyl (C=O) groups is 1. The topological polar surface area (TPSA) is 66.0 Å². The maximum absolute atomic E-state index is 12.4. The average Bonchev–Trinajstić information content (AvgIpc) is 3.11. The highest BCUT2D eigenvalue weighted by Crippen LogP contribution is 2.19. The fraction of sp³-hybridized carbons (Fsp3) is 0.348. The summed E-state index contributed by atoms with van der Waals surface area (Å²) in [5, 5.41) is 10.2. The summed E-state index contributed by atoms with van der Waals surface area (Å²) >= 11 is 5.37. The van der Waals surface area contributed by atoms with E-state index >= 15 is 0 Å². The van der Waals surface area contributed by atoms with Crippen LogP contribution < -0.4 is 10.2 Å². The molecule has 2 N–H and O–H groups in total. The third-order valence-corrected chi connectivity index (χ3v) is 5.45. The van der Waals surface area contributed by atoms with Crippen molar-refractivity contribution >= 4 is 23.8 Å². The summed E-state index contributed by atoms with van der Waals surface area (Å²) in [6.07, 6.45) is 0.350. The van der Waals surface area contributed by atoms with Crippen LogP contribution >= 0.6 is 12.2 Å². The number of carbonyl (C=O) groups excluding carboxylic acids is 1. The van der Waals surface area contributed by atoms with E-state index in [0.717, 1.165) is 30.0 Å². The van der Waals surface area contributed by atoms with Crippen molar-refractivity contribution in [3.05, 3.63) is 64.4 Å². The number of nitrogens with one attached hydrogen (secondary N) is 2. The molecule has 0 saturated carbocycles. The van der Waals surface area contributed by atoms with Crippen molar-refractivity contribution in [3.63, 3.8) is 0 Å². The molecule has 0 saturated heterocycles. The Hall–Kier alpha value is -2.93. The molecular weight excluding hydrogens is 394 g/mol. The zero-order chi connectivity index (χ0) is 21.5. The van der Waals surface area contributed by atoms with Gasteiger partial charge in [-0.1, -0.05) is 42.0 Å². The maximum atomic E-state index is 12.4. The minimum absolute atomic E-state index is 0.00845. The highest BCUT2D eigenvalue weighted by atomic mass is 32.1. The normalized spacial score (nSPS) is 10.8. The average molecular weight is 424 g/mol. The number of rotatable bonds is 9. The van der Waals surface area contributed by atoms with Gasteiger partial charge in [0.15, 0.2) is 10.6 Å². The lowest BCUT2D eigenvalue weighted by atomic mass is 10.1. The van der Waals surface area contributed by atoms with Gasteiger partial charge < -0.3 is 10.2 Å². The van der Waals surface area contributed by atoms with E-state index in [0.29, 0.717) is 24.3 Å². The van der Waals surface area contributed by atoms with E-state index in [1.54, 1.807) is 0 Å². The molecule has 0 radical (unpaired) electrons. The van der Waals surface area contributed by atoms with Gasteiger partial charge in [0, 0.05) is 43.9 Å². The van der Waals surface area contributed by atoms with Crippen LogP contribution in [0, 0.1) is 18.6 Å². The van der Waals surface area contributed by atoms with Gasteiger partial charge in [0.25, 0.3) is 0 Å². The predicted molar refractivity (Wildman–Crippen MR) is 124 cm³/mol. The molecule has 6 nitrogen and oxygen atoms in total. The van der Waals surface area contributed by atoms with Crippen molar-refractivity contribution in [2.75, 3.05) is 24.5 Å². The van der Waals surface area contributed by atoms with E-state index in [1.165, 1.54) is 11.3 Å². The molecule has 2 aromatic carbocycles. The molecule has 158 valence electrons. The number of aryl methyl sites for hydroxylation is 2. The first-order valence-corrected chi connectivity index (χ1v) is 10.7. The summed E-state index contributed by atoms with van der Waals surface area (Å²) in [5.41, 5.74) is 4.59. The van der Waals surface area contributed by atoms with Gasteiger partial charge in [0.05, 0.1) is 0 Å². The summed E-state index contributed by atoms with van der Waals surface area (Å²) in [7, 11) is 0. The zero-order valence-corrected chi connectivity index (χ0v) is 18.6. The number of aromatic amines is 1. The van der Waals surface area contributed by atoms with Crippen LogP contribution in [-0.4, -0.2) is 40.3 Å². The minimum atomic E-state index is 0.00845. The third kappa shape index (κ3) is 5.36. The lowest BCUT2D eigenvalue weighted by Gasteiger charge is -2.25. The smallest absolute Gasteiger partial charge is 0.221 e. The summed E-state index contributed by atoms with van der Waals surface area (Å²) in [6.45, 7) is 9.03. The van der Waals surface area contributed by atoms with Crippen LogP contribution in [0.5, 0.6) is 0 Å². The van der Waals surface area contributed by atoms with Crippen LogP contribution in [0.1, 0.15) is 24.5 Å². The standard InChI is InChI=1S/C23H29N5OS/c1-4-27(20-11-6-5-9-18(20)3)15-13-24-21(29)12-14-28-22(25-26-23(28)30)19-10-7-8-17(2)16-19/h5-11,16H,4,12-15H2,1-3H3,(H,24,29)(H,26,30). The van der Waals surface area contributed by atoms with Crippen LogP contribution in [0.3, 0.4) is 0 Å².